The highest BCUT2D eigenvalue weighted by Gasteiger charge is 2.08. The van der Waals surface area contributed by atoms with Gasteiger partial charge in [-0.3, -0.25) is 0 Å². The highest BCUT2D eigenvalue weighted by Crippen LogP contribution is 2.28. The number of anilines is 1. The van der Waals surface area contributed by atoms with Gasteiger partial charge in [0.1, 0.15) is 5.82 Å². The summed E-state index contributed by atoms with van der Waals surface area (Å²) in [4.78, 5) is 0. The Balaban J connectivity index is 3.23. The molecule has 3 heteroatoms. The predicted molar refractivity (Wildman–Crippen MR) is 52.6 cm³/mol. The lowest BCUT2D eigenvalue weighted by molar-refractivity contribution is 0.630. The molecule has 0 fully saturated rings. The first-order valence-electron chi connectivity index (χ1n) is 3.76. The number of benzene rings is 1. The molecule has 1 aromatic rings. The Bertz CT molecular complexity index is 297. The summed E-state index contributed by atoms with van der Waals surface area (Å²) in [6, 6.07) is 3.08. The van der Waals surface area contributed by atoms with Crippen molar-refractivity contribution in [3.05, 3.63) is 28.0 Å². The monoisotopic (exact) mass is 231 g/mol. The number of nitrogens with two attached hydrogens (primary N) is 1. The van der Waals surface area contributed by atoms with Crippen molar-refractivity contribution in [1.29, 1.82) is 0 Å². The second kappa shape index (κ2) is 3.44. The Morgan fingerprint density at radius 3 is 2.50 bits per heavy atom. The zero-order valence-corrected chi connectivity index (χ0v) is 8.65. The molecule has 0 saturated carbocycles. The lowest BCUT2D eigenvalue weighted by Gasteiger charge is -2.09. The van der Waals surface area contributed by atoms with Crippen molar-refractivity contribution in [3.8, 4) is 0 Å². The van der Waals surface area contributed by atoms with Crippen LogP contribution in [0.1, 0.15) is 25.3 Å². The molecule has 0 aliphatic rings. The van der Waals surface area contributed by atoms with Crippen LogP contribution >= 0.6 is 15.9 Å². The number of halogens is 2. The van der Waals surface area contributed by atoms with E-state index in [0.29, 0.717) is 5.92 Å². The Kier molecular flexibility index (Phi) is 2.73. The highest BCUT2D eigenvalue weighted by atomic mass is 79.9. The molecule has 0 radical (unpaired) electrons. The normalized spacial score (nSPS) is 10.8. The maximum Gasteiger partial charge on any atom is 0.147 e. The Morgan fingerprint density at radius 1 is 1.42 bits per heavy atom. The van der Waals surface area contributed by atoms with Gasteiger partial charge in [0.2, 0.25) is 0 Å². The molecule has 0 aliphatic heterocycles. The largest absolute Gasteiger partial charge is 0.396 e. The SMILES string of the molecule is CC(C)c1cc(N)c(F)cc1Br. The molecule has 0 aliphatic carbocycles. The first-order chi connectivity index (χ1) is 5.52. The lowest BCUT2D eigenvalue weighted by atomic mass is 10.0. The van der Waals surface area contributed by atoms with Crippen molar-refractivity contribution < 1.29 is 4.39 Å². The fourth-order valence-electron chi connectivity index (χ4n) is 1.03. The van der Waals surface area contributed by atoms with E-state index in [2.05, 4.69) is 15.9 Å². The van der Waals surface area contributed by atoms with Crippen LogP contribution in [0, 0.1) is 5.82 Å². The van der Waals surface area contributed by atoms with Crippen molar-refractivity contribution in [2.24, 2.45) is 0 Å². The smallest absolute Gasteiger partial charge is 0.147 e. The summed E-state index contributed by atoms with van der Waals surface area (Å²) in [7, 11) is 0. The quantitative estimate of drug-likeness (QED) is 0.738. The van der Waals surface area contributed by atoms with Gasteiger partial charge >= 0.3 is 0 Å². The summed E-state index contributed by atoms with van der Waals surface area (Å²) in [5, 5.41) is 0. The van der Waals surface area contributed by atoms with Crippen LogP contribution < -0.4 is 5.73 Å². The van der Waals surface area contributed by atoms with E-state index < -0.39 is 0 Å². The molecule has 12 heavy (non-hydrogen) atoms. The molecule has 1 nitrogen and oxygen atoms in total. The topological polar surface area (TPSA) is 26.0 Å². The number of rotatable bonds is 1. The second-order valence-corrected chi connectivity index (χ2v) is 3.90. The summed E-state index contributed by atoms with van der Waals surface area (Å²) in [6.07, 6.45) is 0. The van der Waals surface area contributed by atoms with Crippen LogP contribution in [0.25, 0.3) is 0 Å². The van der Waals surface area contributed by atoms with Crippen molar-refractivity contribution in [1.82, 2.24) is 0 Å². The molecule has 0 heterocycles. The van der Waals surface area contributed by atoms with E-state index in [1.165, 1.54) is 6.07 Å². The van der Waals surface area contributed by atoms with E-state index in [1.54, 1.807) is 6.07 Å². The number of hydrogen-bond donors (Lipinski definition) is 1. The maximum atomic E-state index is 12.9. The number of nitrogen functional groups attached to an aromatic ring is 1. The van der Waals surface area contributed by atoms with Gasteiger partial charge in [0, 0.05) is 4.47 Å². The molecule has 0 unspecified atom stereocenters. The van der Waals surface area contributed by atoms with Crippen LogP contribution in [0.4, 0.5) is 10.1 Å². The van der Waals surface area contributed by atoms with Gasteiger partial charge in [0.25, 0.3) is 0 Å². The fourth-order valence-corrected chi connectivity index (χ4v) is 1.80. The fraction of sp³-hybridized carbons (Fsp3) is 0.333. The van der Waals surface area contributed by atoms with E-state index in [4.69, 9.17) is 5.73 Å². The molecule has 66 valence electrons. The van der Waals surface area contributed by atoms with Gasteiger partial charge in [-0.25, -0.2) is 4.39 Å². The van der Waals surface area contributed by atoms with Crippen LogP contribution in [-0.2, 0) is 0 Å². The minimum absolute atomic E-state index is 0.210. The van der Waals surface area contributed by atoms with Crippen LogP contribution in [-0.4, -0.2) is 0 Å². The summed E-state index contributed by atoms with van der Waals surface area (Å²) in [6.45, 7) is 4.08. The molecule has 0 spiro atoms. The standard InChI is InChI=1S/C9H11BrFN/c1-5(2)6-3-9(12)8(11)4-7(6)10/h3-5H,12H2,1-2H3. The van der Waals surface area contributed by atoms with Gasteiger partial charge in [0.05, 0.1) is 5.69 Å². The Morgan fingerprint density at radius 2 is 2.00 bits per heavy atom. The molecule has 0 saturated heterocycles. The predicted octanol–water partition coefficient (Wildman–Crippen LogP) is 3.29. The molecule has 0 bridgehead atoms. The van der Waals surface area contributed by atoms with Gasteiger partial charge in [-0.1, -0.05) is 29.8 Å². The molecule has 1 aromatic carbocycles. The summed E-state index contributed by atoms with van der Waals surface area (Å²) >= 11 is 3.29. The first kappa shape index (κ1) is 9.52. The Hall–Kier alpha value is -0.570. The van der Waals surface area contributed by atoms with Gasteiger partial charge in [-0.2, -0.15) is 0 Å². The maximum absolute atomic E-state index is 12.9. The average Bonchev–Trinajstić information content (AvgIpc) is 1.96. The van der Waals surface area contributed by atoms with Crippen LogP contribution in [0.3, 0.4) is 0 Å². The molecule has 2 N–H and O–H groups in total. The second-order valence-electron chi connectivity index (χ2n) is 3.05. The third-order valence-corrected chi connectivity index (χ3v) is 2.42. The molecular formula is C9H11BrFN. The third-order valence-electron chi connectivity index (χ3n) is 1.74. The molecular weight excluding hydrogens is 221 g/mol. The molecule has 0 atom stereocenters. The van der Waals surface area contributed by atoms with E-state index in [9.17, 15) is 4.39 Å². The van der Waals surface area contributed by atoms with Crippen molar-refractivity contribution in [3.63, 3.8) is 0 Å². The van der Waals surface area contributed by atoms with E-state index in [0.717, 1.165) is 10.0 Å². The van der Waals surface area contributed by atoms with Crippen molar-refractivity contribution >= 4 is 21.6 Å². The zero-order chi connectivity index (χ0) is 9.30. The molecule has 0 amide bonds. The van der Waals surface area contributed by atoms with Crippen LogP contribution in [0.15, 0.2) is 16.6 Å². The highest BCUT2D eigenvalue weighted by molar-refractivity contribution is 9.10. The minimum Gasteiger partial charge on any atom is -0.396 e. The van der Waals surface area contributed by atoms with Gasteiger partial charge in [0.15, 0.2) is 0 Å². The Labute approximate surface area is 79.9 Å². The van der Waals surface area contributed by atoms with Crippen molar-refractivity contribution in [2.45, 2.75) is 19.8 Å². The minimum atomic E-state index is -0.369. The first-order valence-corrected chi connectivity index (χ1v) is 4.56. The zero-order valence-electron chi connectivity index (χ0n) is 7.07. The van der Waals surface area contributed by atoms with Crippen molar-refractivity contribution in [2.75, 3.05) is 5.73 Å². The summed E-state index contributed by atoms with van der Waals surface area (Å²) < 4.78 is 13.6. The van der Waals surface area contributed by atoms with Gasteiger partial charge in [-0.15, -0.1) is 0 Å². The van der Waals surface area contributed by atoms with E-state index in [-0.39, 0.29) is 11.5 Å². The third kappa shape index (κ3) is 1.78. The summed E-state index contributed by atoms with van der Waals surface area (Å²) in [5.41, 5.74) is 6.68. The average molecular weight is 232 g/mol. The van der Waals surface area contributed by atoms with E-state index >= 15 is 0 Å². The number of hydrogen-bond acceptors (Lipinski definition) is 1. The molecule has 1 rings (SSSR count). The van der Waals surface area contributed by atoms with Gasteiger partial charge in [-0.05, 0) is 23.6 Å². The lowest BCUT2D eigenvalue weighted by Crippen LogP contribution is -1.96. The summed E-state index contributed by atoms with van der Waals surface area (Å²) in [5.74, 6) is -0.0199. The molecule has 0 aromatic heterocycles. The van der Waals surface area contributed by atoms with E-state index in [1.807, 2.05) is 13.8 Å². The van der Waals surface area contributed by atoms with Crippen LogP contribution in [0.2, 0.25) is 0 Å². The van der Waals surface area contributed by atoms with Crippen LogP contribution in [0.5, 0.6) is 0 Å². The van der Waals surface area contributed by atoms with Gasteiger partial charge < -0.3 is 5.73 Å².